The van der Waals surface area contributed by atoms with Gasteiger partial charge in [-0.2, -0.15) is 8.78 Å². The van der Waals surface area contributed by atoms with E-state index >= 15 is 8.78 Å². The van der Waals surface area contributed by atoms with Crippen molar-refractivity contribution < 1.29 is 65.4 Å². The minimum Gasteiger partial charge on any atom is -0.438 e. The number of carbonyl (C=O) groups excluding carboxylic acids is 6. The Morgan fingerprint density at radius 1 is 0.896 bits per heavy atom. The Morgan fingerprint density at radius 3 is 2.01 bits per heavy atom. The van der Waals surface area contributed by atoms with Crippen molar-refractivity contribution in [3.05, 3.63) is 77.4 Å². The number of unbranched alkanes of at least 4 members (excludes halogenated alkanes) is 1. The highest BCUT2D eigenvalue weighted by Crippen LogP contribution is 2.67. The second-order valence-corrected chi connectivity index (χ2v) is 21.6. The monoisotopic (exact) mass is 959 g/mol. The maximum absolute atomic E-state index is 16.1. The first-order valence-corrected chi connectivity index (χ1v) is 24.3. The van der Waals surface area contributed by atoms with Gasteiger partial charge in [0.25, 0.3) is 0 Å². The minimum absolute atomic E-state index is 0.0237. The number of benzene rings is 2. The number of fused-ring (bicyclic) bond motifs is 1. The Labute approximate surface area is 392 Å². The number of alkyl halides is 2. The third kappa shape index (κ3) is 15.3. The number of likely N-dealkylation sites (tertiary alicyclic amines) is 1. The second kappa shape index (κ2) is 23.5. The molecule has 0 radical (unpaired) electrons. The van der Waals surface area contributed by atoms with E-state index in [9.17, 15) is 33.3 Å². The Kier molecular flexibility index (Phi) is 19.2. The quantitative estimate of drug-likeness (QED) is 0.0416. The number of nitrogens with one attached hydrogen (secondary N) is 1. The normalized spacial score (nSPS) is 18.9. The molecule has 18 heteroatoms. The molecule has 0 bridgehead atoms. The van der Waals surface area contributed by atoms with Crippen LogP contribution >= 0.6 is 7.60 Å². The average molecular weight is 960 g/mol. The van der Waals surface area contributed by atoms with Gasteiger partial charge in [-0.25, -0.2) is 0 Å². The van der Waals surface area contributed by atoms with Crippen molar-refractivity contribution in [1.29, 1.82) is 0 Å². The highest BCUT2D eigenvalue weighted by Gasteiger charge is 2.58. The number of ether oxygens (including phenoxy) is 3. The molecule has 0 aromatic heterocycles. The van der Waals surface area contributed by atoms with Crippen molar-refractivity contribution in [2.75, 3.05) is 20.1 Å². The summed E-state index contributed by atoms with van der Waals surface area (Å²) in [6, 6.07) is 12.7. The molecule has 1 saturated carbocycles. The molecule has 2 aromatic carbocycles. The lowest BCUT2D eigenvalue weighted by atomic mass is 9.92. The van der Waals surface area contributed by atoms with Crippen molar-refractivity contribution in [1.82, 2.24) is 10.2 Å². The number of nitrogens with zero attached hydrogens (tertiary/aromatic N) is 1. The van der Waals surface area contributed by atoms with E-state index in [-0.39, 0.29) is 48.7 Å². The van der Waals surface area contributed by atoms with E-state index in [2.05, 4.69) is 5.32 Å². The molecule has 0 spiro atoms. The van der Waals surface area contributed by atoms with Crippen LogP contribution in [0.15, 0.2) is 60.7 Å². The number of halogens is 2. The number of primary amides is 1. The SMILES string of the molecule is CCCC[C@H](CC(=O)/C=C(\C)c1ccc(C(F)(F)P(=O)(OCOC(=O)C(C)(C)C)OCOC(=O)C(C)(C)C)cc1)C(=O)N1C[C@H]2CC2[C@H]1C(=O)N[C@@H](CCC(N)=O)[C@@H](C)OCc1ccccc1. The van der Waals surface area contributed by atoms with E-state index in [1.807, 2.05) is 44.2 Å². The molecule has 1 heterocycles. The molecule has 2 fully saturated rings. The fourth-order valence-corrected chi connectivity index (χ4v) is 8.83. The van der Waals surface area contributed by atoms with Gasteiger partial charge in [-0.3, -0.25) is 42.4 Å². The maximum atomic E-state index is 16.1. The number of hydrogen-bond donors (Lipinski definition) is 2. The zero-order valence-electron chi connectivity index (χ0n) is 40.1. The molecule has 67 heavy (non-hydrogen) atoms. The van der Waals surface area contributed by atoms with Crippen molar-refractivity contribution in [3.63, 3.8) is 0 Å². The van der Waals surface area contributed by atoms with Crippen LogP contribution in [0.3, 0.4) is 0 Å². The Balaban J connectivity index is 1.47. The van der Waals surface area contributed by atoms with Crippen LogP contribution in [0.4, 0.5) is 8.78 Å². The molecule has 15 nitrogen and oxygen atoms in total. The zero-order chi connectivity index (χ0) is 49.9. The van der Waals surface area contributed by atoms with E-state index in [1.165, 1.54) is 59.8 Å². The zero-order valence-corrected chi connectivity index (χ0v) is 41.0. The van der Waals surface area contributed by atoms with Gasteiger partial charge in [-0.15, -0.1) is 0 Å². The van der Waals surface area contributed by atoms with Crippen LogP contribution in [-0.2, 0) is 68.9 Å². The van der Waals surface area contributed by atoms with Crippen LogP contribution in [-0.4, -0.2) is 78.7 Å². The molecule has 2 aromatic rings. The number of carbonyl (C=O) groups is 6. The van der Waals surface area contributed by atoms with E-state index in [0.717, 1.165) is 30.5 Å². The van der Waals surface area contributed by atoms with E-state index in [1.54, 1.807) is 11.8 Å². The number of hydrogen-bond acceptors (Lipinski definition) is 12. The van der Waals surface area contributed by atoms with Gasteiger partial charge in [0.2, 0.25) is 31.3 Å². The van der Waals surface area contributed by atoms with Crippen LogP contribution in [0, 0.1) is 28.6 Å². The Bertz CT molecular complexity index is 2100. The first-order chi connectivity index (χ1) is 31.3. The fraction of sp³-hybridized carbons (Fsp3) is 0.592. The van der Waals surface area contributed by atoms with E-state index in [0.29, 0.717) is 37.1 Å². The second-order valence-electron chi connectivity index (χ2n) is 19.5. The molecular weight excluding hydrogens is 892 g/mol. The lowest BCUT2D eigenvalue weighted by molar-refractivity contribution is -0.163. The third-order valence-corrected chi connectivity index (χ3v) is 13.7. The van der Waals surface area contributed by atoms with Crippen LogP contribution in [0.1, 0.15) is 124 Å². The lowest BCUT2D eigenvalue weighted by Gasteiger charge is -2.32. The molecule has 1 aliphatic carbocycles. The van der Waals surface area contributed by atoms with Gasteiger partial charge >= 0.3 is 25.2 Å². The lowest BCUT2D eigenvalue weighted by Crippen LogP contribution is -2.54. The molecular formula is C49H68F2N3O12P. The number of esters is 2. The maximum Gasteiger partial charge on any atom is 0.410 e. The summed E-state index contributed by atoms with van der Waals surface area (Å²) < 4.78 is 71.8. The van der Waals surface area contributed by atoms with Crippen LogP contribution in [0.25, 0.3) is 5.57 Å². The predicted molar refractivity (Wildman–Crippen MR) is 245 cm³/mol. The summed E-state index contributed by atoms with van der Waals surface area (Å²) in [5.41, 5.74) is -0.0143. The van der Waals surface area contributed by atoms with Crippen LogP contribution in [0.5, 0.6) is 0 Å². The molecule has 1 unspecified atom stereocenters. The number of ketones is 1. The number of rotatable bonds is 25. The number of piperidine rings is 1. The molecule has 1 saturated heterocycles. The molecule has 3 amide bonds. The summed E-state index contributed by atoms with van der Waals surface area (Å²) in [6.45, 7) is 12.9. The van der Waals surface area contributed by atoms with Crippen molar-refractivity contribution >= 4 is 48.6 Å². The van der Waals surface area contributed by atoms with E-state index in [4.69, 9.17) is 29.0 Å². The molecule has 2 aliphatic rings. The van der Waals surface area contributed by atoms with Gasteiger partial charge in [0.15, 0.2) is 5.78 Å². The summed E-state index contributed by atoms with van der Waals surface area (Å²) in [5.74, 6) is -3.81. The number of nitrogens with two attached hydrogens (primary N) is 1. The van der Waals surface area contributed by atoms with Gasteiger partial charge in [0, 0.05) is 30.9 Å². The first kappa shape index (κ1) is 54.8. The predicted octanol–water partition coefficient (Wildman–Crippen LogP) is 8.43. The van der Waals surface area contributed by atoms with Gasteiger partial charge < -0.3 is 30.2 Å². The summed E-state index contributed by atoms with van der Waals surface area (Å²) in [4.78, 5) is 80.0. The first-order valence-electron chi connectivity index (χ1n) is 22.8. The van der Waals surface area contributed by atoms with Crippen molar-refractivity contribution in [2.45, 2.75) is 138 Å². The van der Waals surface area contributed by atoms with Crippen molar-refractivity contribution in [3.8, 4) is 0 Å². The van der Waals surface area contributed by atoms with Crippen molar-refractivity contribution in [2.24, 2.45) is 34.3 Å². The standard InChI is InChI=1S/C49H68F2N3O12P/c1-10-11-17-35(44(58)54-27-36-26-39(36)42(54)43(57)53-40(22-23-41(52)56)32(3)62-28-33-15-13-12-14-16-33)25-38(55)24-31(2)34-18-20-37(21-19-34)49(50,51)67(61,65-29-63-45(59)47(4,5)6)66-30-64-46(60)48(7,8)9/h12-16,18-21,24,32,35-36,39-40,42H,10-11,17,22-23,25-30H2,1-9H3,(H2,52,56)(H,53,57)/b31-24+/t32-,35-,36-,39?,40+,42+/m1/s1. The summed E-state index contributed by atoms with van der Waals surface area (Å²) in [5, 5.41) is 3.06. The van der Waals surface area contributed by atoms with Gasteiger partial charge in [0.1, 0.15) is 6.04 Å². The Hall–Kier alpha value is -4.83. The third-order valence-electron chi connectivity index (χ3n) is 11.8. The highest BCUT2D eigenvalue weighted by molar-refractivity contribution is 7.54. The molecule has 1 aliphatic heterocycles. The molecule has 3 N–H and O–H groups in total. The fourth-order valence-electron chi connectivity index (χ4n) is 7.58. The summed E-state index contributed by atoms with van der Waals surface area (Å²) >= 11 is 0. The van der Waals surface area contributed by atoms with Gasteiger partial charge in [-0.1, -0.05) is 74.4 Å². The summed E-state index contributed by atoms with van der Waals surface area (Å²) in [6.07, 6.45) is 3.55. The largest absolute Gasteiger partial charge is 0.438 e. The number of amides is 3. The van der Waals surface area contributed by atoms with Crippen LogP contribution < -0.4 is 11.1 Å². The van der Waals surface area contributed by atoms with Crippen LogP contribution in [0.2, 0.25) is 0 Å². The van der Waals surface area contributed by atoms with Gasteiger partial charge in [-0.05, 0) is 109 Å². The molecule has 370 valence electrons. The number of allylic oxidation sites excluding steroid dienone is 2. The van der Waals surface area contributed by atoms with Gasteiger partial charge in [0.05, 0.1) is 29.6 Å². The average Bonchev–Trinajstić information content (AvgIpc) is 3.92. The topological polar surface area (TPSA) is 207 Å². The molecule has 4 rings (SSSR count). The Morgan fingerprint density at radius 2 is 1.48 bits per heavy atom. The minimum atomic E-state index is -5.55. The summed E-state index contributed by atoms with van der Waals surface area (Å²) in [7, 11) is -5.55. The molecule has 6 atom stereocenters. The van der Waals surface area contributed by atoms with E-state index < -0.39 is 85.2 Å². The smallest absolute Gasteiger partial charge is 0.410 e. The highest BCUT2D eigenvalue weighted by atomic mass is 31.2.